The lowest BCUT2D eigenvalue weighted by atomic mass is 9.84. The van der Waals surface area contributed by atoms with Gasteiger partial charge in [-0.05, 0) is 42.9 Å². The van der Waals surface area contributed by atoms with E-state index in [-0.39, 0.29) is 5.38 Å². The lowest BCUT2D eigenvalue weighted by Crippen LogP contribution is -2.17. The Hall–Kier alpha value is -0.700. The van der Waals surface area contributed by atoms with Crippen molar-refractivity contribution in [2.24, 2.45) is 5.92 Å². The summed E-state index contributed by atoms with van der Waals surface area (Å²) < 4.78 is 37.2. The highest BCUT2D eigenvalue weighted by molar-refractivity contribution is 6.20. The summed E-state index contributed by atoms with van der Waals surface area (Å²) in [5.41, 5.74) is 0.392. The highest BCUT2D eigenvalue weighted by Crippen LogP contribution is 2.32. The highest BCUT2D eigenvalue weighted by Gasteiger charge is 2.30. The minimum Gasteiger partial charge on any atom is -0.166 e. The summed E-state index contributed by atoms with van der Waals surface area (Å²) in [5, 5.41) is 0.234. The molecule has 2 unspecified atom stereocenters. The molecule has 0 aliphatic heterocycles. The maximum Gasteiger partial charge on any atom is 0.416 e. The van der Waals surface area contributed by atoms with Gasteiger partial charge in [-0.1, -0.05) is 25.0 Å². The first-order chi connectivity index (χ1) is 8.45. The molecule has 0 radical (unpaired) electrons. The summed E-state index contributed by atoms with van der Waals surface area (Å²) in [6.45, 7) is 0. The molecule has 0 spiro atoms. The van der Waals surface area contributed by atoms with Crippen LogP contribution in [0, 0.1) is 5.92 Å². The fourth-order valence-corrected chi connectivity index (χ4v) is 2.98. The summed E-state index contributed by atoms with van der Waals surface area (Å²) in [7, 11) is 0. The van der Waals surface area contributed by atoms with Gasteiger partial charge >= 0.3 is 6.18 Å². The molecule has 1 aliphatic carbocycles. The maximum absolute atomic E-state index is 12.4. The van der Waals surface area contributed by atoms with E-state index in [0.29, 0.717) is 5.92 Å². The van der Waals surface area contributed by atoms with Crippen LogP contribution in [0.1, 0.15) is 36.8 Å². The van der Waals surface area contributed by atoms with Crippen molar-refractivity contribution in [3.63, 3.8) is 0 Å². The van der Waals surface area contributed by atoms with Crippen LogP contribution in [-0.2, 0) is 12.6 Å². The van der Waals surface area contributed by atoms with Gasteiger partial charge in [-0.25, -0.2) is 0 Å². The molecule has 1 aliphatic rings. The molecule has 0 aromatic heterocycles. The molecule has 1 fully saturated rings. The maximum atomic E-state index is 12.4. The third kappa shape index (κ3) is 3.64. The smallest absolute Gasteiger partial charge is 0.166 e. The molecule has 0 saturated heterocycles. The van der Waals surface area contributed by atoms with Gasteiger partial charge in [0.15, 0.2) is 0 Å². The Bertz CT molecular complexity index is 383. The van der Waals surface area contributed by atoms with E-state index in [1.807, 2.05) is 0 Å². The molecular weight excluding hydrogens is 261 g/mol. The zero-order valence-electron chi connectivity index (χ0n) is 10.0. The first-order valence-corrected chi connectivity index (χ1v) is 6.69. The fourth-order valence-electron chi connectivity index (χ4n) is 2.57. The van der Waals surface area contributed by atoms with Crippen molar-refractivity contribution in [1.82, 2.24) is 0 Å². The van der Waals surface area contributed by atoms with Crippen molar-refractivity contribution < 1.29 is 13.2 Å². The largest absolute Gasteiger partial charge is 0.416 e. The molecule has 2 rings (SSSR count). The Morgan fingerprint density at radius 2 is 1.78 bits per heavy atom. The molecule has 100 valence electrons. The van der Waals surface area contributed by atoms with Crippen LogP contribution in [-0.4, -0.2) is 5.38 Å². The van der Waals surface area contributed by atoms with Crippen LogP contribution in [0.4, 0.5) is 13.2 Å². The van der Waals surface area contributed by atoms with Crippen LogP contribution in [0.3, 0.4) is 0 Å². The quantitative estimate of drug-likeness (QED) is 0.664. The summed E-state index contributed by atoms with van der Waals surface area (Å²) >= 11 is 6.11. The predicted molar refractivity (Wildman–Crippen MR) is 66.7 cm³/mol. The zero-order valence-corrected chi connectivity index (χ0v) is 10.8. The second-order valence-corrected chi connectivity index (χ2v) is 5.65. The van der Waals surface area contributed by atoms with E-state index in [9.17, 15) is 13.2 Å². The standard InChI is InChI=1S/C14H16ClF3/c15-13-3-1-2-11(9-13)8-10-4-6-12(7-5-10)14(16,17)18/h4-7,11,13H,1-3,8-9H2. The second-order valence-electron chi connectivity index (χ2n) is 5.03. The van der Waals surface area contributed by atoms with Gasteiger partial charge < -0.3 is 0 Å². The van der Waals surface area contributed by atoms with E-state index in [1.165, 1.54) is 0 Å². The molecule has 0 nitrogen and oxygen atoms in total. The molecule has 0 N–H and O–H groups in total. The second kappa shape index (κ2) is 5.52. The van der Waals surface area contributed by atoms with Crippen LogP contribution in [0.2, 0.25) is 0 Å². The number of benzene rings is 1. The van der Waals surface area contributed by atoms with Crippen molar-refractivity contribution in [2.45, 2.75) is 43.7 Å². The summed E-state index contributed by atoms with van der Waals surface area (Å²) in [5.74, 6) is 0.512. The molecule has 1 saturated carbocycles. The fraction of sp³-hybridized carbons (Fsp3) is 0.571. The molecule has 18 heavy (non-hydrogen) atoms. The van der Waals surface area contributed by atoms with Gasteiger partial charge in [0.1, 0.15) is 0 Å². The third-order valence-corrected chi connectivity index (χ3v) is 3.92. The Kier molecular flexibility index (Phi) is 4.21. The van der Waals surface area contributed by atoms with Crippen molar-refractivity contribution in [3.05, 3.63) is 35.4 Å². The Morgan fingerprint density at radius 3 is 2.33 bits per heavy atom. The Labute approximate surface area is 110 Å². The van der Waals surface area contributed by atoms with Crippen molar-refractivity contribution >= 4 is 11.6 Å². The average molecular weight is 277 g/mol. The van der Waals surface area contributed by atoms with Crippen LogP contribution >= 0.6 is 11.6 Å². The molecule has 1 aromatic rings. The van der Waals surface area contributed by atoms with Crippen LogP contribution < -0.4 is 0 Å². The number of hydrogen-bond donors (Lipinski definition) is 0. The molecule has 1 aromatic carbocycles. The van der Waals surface area contributed by atoms with Crippen LogP contribution in [0.25, 0.3) is 0 Å². The van der Waals surface area contributed by atoms with E-state index in [1.54, 1.807) is 12.1 Å². The lowest BCUT2D eigenvalue weighted by molar-refractivity contribution is -0.137. The predicted octanol–water partition coefficient (Wildman–Crippen LogP) is 5.05. The summed E-state index contributed by atoms with van der Waals surface area (Å²) in [6.07, 6.45) is 0.878. The highest BCUT2D eigenvalue weighted by atomic mass is 35.5. The minimum atomic E-state index is -4.25. The van der Waals surface area contributed by atoms with Gasteiger partial charge in [0.25, 0.3) is 0 Å². The Balaban J connectivity index is 1.98. The monoisotopic (exact) mass is 276 g/mol. The average Bonchev–Trinajstić information content (AvgIpc) is 2.28. The zero-order chi connectivity index (χ0) is 13.2. The van der Waals surface area contributed by atoms with E-state index in [4.69, 9.17) is 11.6 Å². The minimum absolute atomic E-state index is 0.234. The van der Waals surface area contributed by atoms with Gasteiger partial charge in [-0.15, -0.1) is 11.6 Å². The van der Waals surface area contributed by atoms with E-state index in [2.05, 4.69) is 0 Å². The SMILES string of the molecule is FC(F)(F)c1ccc(CC2CCCC(Cl)C2)cc1. The number of rotatable bonds is 2. The van der Waals surface area contributed by atoms with Gasteiger partial charge in [0.2, 0.25) is 0 Å². The van der Waals surface area contributed by atoms with Crippen LogP contribution in [0.5, 0.6) is 0 Å². The van der Waals surface area contributed by atoms with Gasteiger partial charge in [-0.3, -0.25) is 0 Å². The Morgan fingerprint density at radius 1 is 1.11 bits per heavy atom. The molecule has 0 amide bonds. The van der Waals surface area contributed by atoms with Crippen molar-refractivity contribution in [3.8, 4) is 0 Å². The van der Waals surface area contributed by atoms with E-state index < -0.39 is 11.7 Å². The number of halogens is 4. The van der Waals surface area contributed by atoms with Gasteiger partial charge in [0, 0.05) is 5.38 Å². The number of hydrogen-bond acceptors (Lipinski definition) is 0. The van der Waals surface area contributed by atoms with E-state index in [0.717, 1.165) is 49.8 Å². The summed E-state index contributed by atoms with van der Waals surface area (Å²) in [4.78, 5) is 0. The molecular formula is C14H16ClF3. The molecule has 0 bridgehead atoms. The third-order valence-electron chi connectivity index (χ3n) is 3.52. The van der Waals surface area contributed by atoms with E-state index >= 15 is 0 Å². The molecule has 2 atom stereocenters. The van der Waals surface area contributed by atoms with Crippen LogP contribution in [0.15, 0.2) is 24.3 Å². The van der Waals surface area contributed by atoms with Gasteiger partial charge in [-0.2, -0.15) is 13.2 Å². The topological polar surface area (TPSA) is 0 Å². The molecule has 0 heterocycles. The van der Waals surface area contributed by atoms with Crippen molar-refractivity contribution in [2.75, 3.05) is 0 Å². The van der Waals surface area contributed by atoms with Crippen molar-refractivity contribution in [1.29, 1.82) is 0 Å². The first kappa shape index (κ1) is 13.7. The number of alkyl halides is 4. The summed E-state index contributed by atoms with van der Waals surface area (Å²) in [6, 6.07) is 5.49. The first-order valence-electron chi connectivity index (χ1n) is 6.25. The normalized spacial score (nSPS) is 25.1. The van der Waals surface area contributed by atoms with Gasteiger partial charge in [0.05, 0.1) is 5.56 Å². The molecule has 4 heteroatoms. The lowest BCUT2D eigenvalue weighted by Gasteiger charge is -2.25.